The molecule has 1 amide bonds. The third-order valence-corrected chi connectivity index (χ3v) is 3.94. The van der Waals surface area contributed by atoms with Crippen molar-refractivity contribution in [1.29, 1.82) is 0 Å². The number of oxazole rings is 1. The number of nitrogens with one attached hydrogen (secondary N) is 1. The van der Waals surface area contributed by atoms with Crippen molar-refractivity contribution in [3.8, 4) is 0 Å². The minimum Gasteiger partial charge on any atom is -0.408 e. The molecule has 1 aliphatic rings. The first-order valence-corrected chi connectivity index (χ1v) is 7.27. The Morgan fingerprint density at radius 3 is 2.82 bits per heavy atom. The van der Waals surface area contributed by atoms with Crippen LogP contribution in [0.2, 0.25) is 0 Å². The maximum Gasteiger partial charge on any atom is 0.419 e. The molecule has 0 aliphatic heterocycles. The van der Waals surface area contributed by atoms with Crippen LogP contribution in [0, 0.1) is 0 Å². The summed E-state index contributed by atoms with van der Waals surface area (Å²) in [6.07, 6.45) is 1.42. The fourth-order valence-electron chi connectivity index (χ4n) is 2.27. The number of carbonyl (C=O) groups excluding carboxylic acids is 1. The molecule has 7 heteroatoms. The first kappa shape index (κ1) is 14.8. The number of fused-ring (bicyclic) bond motifs is 1. The summed E-state index contributed by atoms with van der Waals surface area (Å²) in [6.45, 7) is 1.24. The van der Waals surface area contributed by atoms with Gasteiger partial charge in [-0.05, 0) is 45.1 Å². The van der Waals surface area contributed by atoms with Crippen LogP contribution in [0.5, 0.6) is 0 Å². The number of carbonyl (C=O) groups is 1. The van der Waals surface area contributed by atoms with Gasteiger partial charge in [-0.15, -0.1) is 0 Å². The van der Waals surface area contributed by atoms with Crippen LogP contribution in [-0.2, 0) is 11.3 Å². The smallest absolute Gasteiger partial charge is 0.408 e. The molecule has 3 rings (SSSR count). The third-order valence-electron chi connectivity index (χ3n) is 3.94. The number of anilines is 1. The molecule has 1 heterocycles. The zero-order chi connectivity index (χ0) is 15.9. The van der Waals surface area contributed by atoms with E-state index in [0.717, 1.165) is 6.54 Å². The summed E-state index contributed by atoms with van der Waals surface area (Å²) in [6, 6.07) is 5.15. The van der Waals surface area contributed by atoms with Gasteiger partial charge in [-0.25, -0.2) is 4.79 Å². The van der Waals surface area contributed by atoms with E-state index in [1.54, 1.807) is 22.8 Å². The third kappa shape index (κ3) is 2.77. The van der Waals surface area contributed by atoms with Gasteiger partial charge in [0, 0.05) is 18.8 Å². The Hall–Kier alpha value is -2.12. The van der Waals surface area contributed by atoms with Gasteiger partial charge >= 0.3 is 5.76 Å². The van der Waals surface area contributed by atoms with Gasteiger partial charge in [0.05, 0.1) is 11.1 Å². The first-order chi connectivity index (χ1) is 10.4. The molecule has 2 aromatic rings. The molecular weight excluding hydrogens is 284 g/mol. The van der Waals surface area contributed by atoms with E-state index in [-0.39, 0.29) is 5.91 Å². The van der Waals surface area contributed by atoms with Crippen LogP contribution in [0.4, 0.5) is 5.69 Å². The van der Waals surface area contributed by atoms with Crippen LogP contribution < -0.4 is 16.8 Å². The highest BCUT2D eigenvalue weighted by Crippen LogP contribution is 2.33. The van der Waals surface area contributed by atoms with Crippen molar-refractivity contribution >= 4 is 22.7 Å². The minimum atomic E-state index is -0.726. The molecule has 7 nitrogen and oxygen atoms in total. The zero-order valence-electron chi connectivity index (χ0n) is 12.8. The predicted octanol–water partition coefficient (Wildman–Crippen LogP) is 0.586. The molecule has 0 bridgehead atoms. The quantitative estimate of drug-likeness (QED) is 0.843. The Bertz CT molecular complexity index is 771. The van der Waals surface area contributed by atoms with Gasteiger partial charge in [0.25, 0.3) is 0 Å². The monoisotopic (exact) mass is 304 g/mol. The van der Waals surface area contributed by atoms with Gasteiger partial charge in [0.1, 0.15) is 0 Å². The van der Waals surface area contributed by atoms with E-state index < -0.39 is 11.3 Å². The zero-order valence-corrected chi connectivity index (χ0v) is 12.8. The SMILES string of the molecule is CN(C)CCn1c(=O)oc2ccc(NC(=O)C3(N)CC3)cc21. The largest absolute Gasteiger partial charge is 0.419 e. The molecule has 1 saturated carbocycles. The number of nitrogens with zero attached hydrogens (tertiary/aromatic N) is 2. The number of benzene rings is 1. The van der Waals surface area contributed by atoms with E-state index >= 15 is 0 Å². The van der Waals surface area contributed by atoms with Crippen molar-refractivity contribution in [1.82, 2.24) is 9.47 Å². The van der Waals surface area contributed by atoms with Crippen LogP contribution in [0.25, 0.3) is 11.1 Å². The van der Waals surface area contributed by atoms with E-state index in [9.17, 15) is 9.59 Å². The molecule has 0 spiro atoms. The molecule has 1 aromatic carbocycles. The second kappa shape index (κ2) is 5.26. The van der Waals surface area contributed by atoms with Gasteiger partial charge < -0.3 is 20.4 Å². The lowest BCUT2D eigenvalue weighted by Gasteiger charge is -2.11. The molecule has 1 aromatic heterocycles. The molecular formula is C15H20N4O3. The maximum atomic E-state index is 12.0. The van der Waals surface area contributed by atoms with Crippen molar-refractivity contribution in [2.45, 2.75) is 24.9 Å². The highest BCUT2D eigenvalue weighted by Gasteiger charge is 2.45. The van der Waals surface area contributed by atoms with Gasteiger partial charge in [0.15, 0.2) is 5.58 Å². The van der Waals surface area contributed by atoms with Crippen LogP contribution >= 0.6 is 0 Å². The number of nitrogens with two attached hydrogens (primary N) is 1. The Balaban J connectivity index is 1.89. The average molecular weight is 304 g/mol. The van der Waals surface area contributed by atoms with Crippen molar-refractivity contribution in [2.24, 2.45) is 5.73 Å². The van der Waals surface area contributed by atoms with E-state index in [2.05, 4.69) is 5.32 Å². The molecule has 1 aliphatic carbocycles. The highest BCUT2D eigenvalue weighted by molar-refractivity contribution is 6.00. The van der Waals surface area contributed by atoms with Gasteiger partial charge in [-0.3, -0.25) is 9.36 Å². The normalized spacial score (nSPS) is 16.2. The number of aromatic nitrogens is 1. The summed E-state index contributed by atoms with van der Waals surface area (Å²) in [5.74, 6) is -0.574. The number of hydrogen-bond acceptors (Lipinski definition) is 5. The fraction of sp³-hybridized carbons (Fsp3) is 0.467. The number of hydrogen-bond donors (Lipinski definition) is 2. The van der Waals surface area contributed by atoms with Gasteiger partial charge in [-0.2, -0.15) is 0 Å². The van der Waals surface area contributed by atoms with Crippen molar-refractivity contribution < 1.29 is 9.21 Å². The average Bonchev–Trinajstić information content (AvgIpc) is 3.12. The lowest BCUT2D eigenvalue weighted by atomic mass is 10.2. The molecule has 3 N–H and O–H groups in total. The molecule has 22 heavy (non-hydrogen) atoms. The van der Waals surface area contributed by atoms with E-state index in [4.69, 9.17) is 10.2 Å². The summed E-state index contributed by atoms with van der Waals surface area (Å²) < 4.78 is 6.79. The second-order valence-corrected chi connectivity index (χ2v) is 6.12. The molecule has 0 atom stereocenters. The van der Waals surface area contributed by atoms with E-state index in [1.165, 1.54) is 0 Å². The molecule has 118 valence electrons. The first-order valence-electron chi connectivity index (χ1n) is 7.27. The predicted molar refractivity (Wildman–Crippen MR) is 83.8 cm³/mol. The van der Waals surface area contributed by atoms with Gasteiger partial charge in [0.2, 0.25) is 5.91 Å². The highest BCUT2D eigenvalue weighted by atomic mass is 16.4. The molecule has 0 unspecified atom stereocenters. The minimum absolute atomic E-state index is 0.183. The van der Waals surface area contributed by atoms with Crippen molar-refractivity contribution in [3.05, 3.63) is 28.7 Å². The Morgan fingerprint density at radius 1 is 1.45 bits per heavy atom. The number of rotatable bonds is 5. The Labute approximate surface area is 127 Å². The van der Waals surface area contributed by atoms with Crippen LogP contribution in [0.15, 0.2) is 27.4 Å². The lowest BCUT2D eigenvalue weighted by Crippen LogP contribution is -2.37. The van der Waals surface area contributed by atoms with Crippen LogP contribution in [-0.4, -0.2) is 41.6 Å². The number of likely N-dealkylation sites (N-methyl/N-ethyl adjacent to an activating group) is 1. The summed E-state index contributed by atoms with van der Waals surface area (Å²) in [7, 11) is 3.88. The van der Waals surface area contributed by atoms with E-state index in [0.29, 0.717) is 36.2 Å². The Morgan fingerprint density at radius 2 is 2.18 bits per heavy atom. The summed E-state index contributed by atoms with van der Waals surface area (Å²) in [5.41, 5.74) is 6.95. The van der Waals surface area contributed by atoms with E-state index in [1.807, 2.05) is 19.0 Å². The molecule has 0 radical (unpaired) electrons. The van der Waals surface area contributed by atoms with Crippen LogP contribution in [0.1, 0.15) is 12.8 Å². The fourth-order valence-corrected chi connectivity index (χ4v) is 2.27. The lowest BCUT2D eigenvalue weighted by molar-refractivity contribution is -0.118. The van der Waals surface area contributed by atoms with Gasteiger partial charge in [-0.1, -0.05) is 0 Å². The topological polar surface area (TPSA) is 93.5 Å². The summed E-state index contributed by atoms with van der Waals surface area (Å²) >= 11 is 0. The molecule has 0 saturated heterocycles. The summed E-state index contributed by atoms with van der Waals surface area (Å²) in [5, 5.41) is 2.81. The van der Waals surface area contributed by atoms with Crippen molar-refractivity contribution in [2.75, 3.05) is 26.0 Å². The molecule has 1 fully saturated rings. The summed E-state index contributed by atoms with van der Waals surface area (Å²) in [4.78, 5) is 25.9. The van der Waals surface area contributed by atoms with Crippen molar-refractivity contribution in [3.63, 3.8) is 0 Å². The number of amides is 1. The maximum absolute atomic E-state index is 12.0. The standard InChI is InChI=1S/C15H20N4O3/c1-18(2)7-8-19-11-9-10(3-4-12(11)22-14(19)21)17-13(20)15(16)5-6-15/h3-4,9H,5-8,16H2,1-2H3,(H,17,20). The second-order valence-electron chi connectivity index (χ2n) is 6.12. The Kier molecular flexibility index (Phi) is 3.54. The van der Waals surface area contributed by atoms with Crippen LogP contribution in [0.3, 0.4) is 0 Å².